The molecule has 1 fully saturated rings. The molecule has 0 saturated carbocycles. The second-order valence-electron chi connectivity index (χ2n) is 9.12. The lowest BCUT2D eigenvalue weighted by Crippen LogP contribution is -2.32. The Balaban J connectivity index is 1.55. The monoisotopic (exact) mass is 609 g/mol. The summed E-state index contributed by atoms with van der Waals surface area (Å²) in [6, 6.07) is 18.1. The van der Waals surface area contributed by atoms with Crippen LogP contribution < -0.4 is 19.5 Å². The van der Waals surface area contributed by atoms with Gasteiger partial charge < -0.3 is 24.3 Å². The van der Waals surface area contributed by atoms with E-state index in [1.165, 1.54) is 11.8 Å². The Morgan fingerprint density at radius 2 is 1.81 bits per heavy atom. The van der Waals surface area contributed by atoms with Crippen LogP contribution in [0.4, 0.5) is 11.4 Å². The van der Waals surface area contributed by atoms with E-state index in [1.54, 1.807) is 37.3 Å². The molecule has 0 bridgehead atoms. The molecule has 3 aromatic carbocycles. The predicted molar refractivity (Wildman–Crippen MR) is 167 cm³/mol. The molecule has 0 radical (unpaired) electrons. The number of benzene rings is 3. The van der Waals surface area contributed by atoms with Gasteiger partial charge in [-0.25, -0.2) is 4.99 Å². The third-order valence-electron chi connectivity index (χ3n) is 6.02. The molecule has 1 aliphatic heterocycles. The topological polar surface area (TPSA) is 98.7 Å². The van der Waals surface area contributed by atoms with Crippen molar-refractivity contribution in [1.29, 1.82) is 0 Å². The zero-order chi connectivity index (χ0) is 30.1. The summed E-state index contributed by atoms with van der Waals surface area (Å²) in [5, 5.41) is 3.57. The Morgan fingerprint density at radius 1 is 1.07 bits per heavy atom. The lowest BCUT2D eigenvalue weighted by atomic mass is 10.1. The standard InChI is InChI=1S/C31H32ClN3O6S/c1-5-40-26-17-21(16-25(32)29(26)41-19-28(36)33-22-8-6-20(2)7-9-22)18-27-30(37)35(14-15-38-3)31(42-27)34-23-10-12-24(39-4)13-11-23/h6-13,16-18H,5,14-15,19H2,1-4H3,(H,33,36)/b27-18-,34-31?. The summed E-state index contributed by atoms with van der Waals surface area (Å²) < 4.78 is 22.0. The Hall–Kier alpha value is -3.99. The predicted octanol–water partition coefficient (Wildman–Crippen LogP) is 6.32. The van der Waals surface area contributed by atoms with Crippen LogP contribution in [-0.2, 0) is 14.3 Å². The van der Waals surface area contributed by atoms with Gasteiger partial charge in [0.1, 0.15) is 5.75 Å². The number of amides is 2. The Bertz CT molecular complexity index is 1480. The molecule has 9 nitrogen and oxygen atoms in total. The van der Waals surface area contributed by atoms with E-state index >= 15 is 0 Å². The molecule has 0 atom stereocenters. The fourth-order valence-corrected chi connectivity index (χ4v) is 5.23. The zero-order valence-corrected chi connectivity index (χ0v) is 25.4. The smallest absolute Gasteiger partial charge is 0.266 e. The fourth-order valence-electron chi connectivity index (χ4n) is 3.94. The maximum Gasteiger partial charge on any atom is 0.266 e. The van der Waals surface area contributed by atoms with Gasteiger partial charge in [-0.15, -0.1) is 0 Å². The van der Waals surface area contributed by atoms with Crippen LogP contribution in [0.5, 0.6) is 17.2 Å². The van der Waals surface area contributed by atoms with Crippen LogP contribution in [-0.4, -0.2) is 62.5 Å². The van der Waals surface area contributed by atoms with E-state index in [0.717, 1.165) is 5.56 Å². The summed E-state index contributed by atoms with van der Waals surface area (Å²) in [6.07, 6.45) is 1.73. The minimum atomic E-state index is -0.337. The minimum absolute atomic E-state index is 0.202. The van der Waals surface area contributed by atoms with Crippen molar-refractivity contribution in [3.8, 4) is 17.2 Å². The van der Waals surface area contributed by atoms with Crippen molar-refractivity contribution < 1.29 is 28.5 Å². The second-order valence-corrected chi connectivity index (χ2v) is 10.5. The first kappa shape index (κ1) is 31.0. The molecule has 1 heterocycles. The van der Waals surface area contributed by atoms with Gasteiger partial charge in [0.25, 0.3) is 11.8 Å². The molecule has 1 aliphatic rings. The third kappa shape index (κ3) is 8.06. The Kier molecular flexibility index (Phi) is 10.9. The molecule has 42 heavy (non-hydrogen) atoms. The van der Waals surface area contributed by atoms with Crippen LogP contribution in [0, 0.1) is 6.92 Å². The highest BCUT2D eigenvalue weighted by Crippen LogP contribution is 2.39. The van der Waals surface area contributed by atoms with Gasteiger partial charge in [0.2, 0.25) is 0 Å². The van der Waals surface area contributed by atoms with Gasteiger partial charge in [0, 0.05) is 12.8 Å². The van der Waals surface area contributed by atoms with Gasteiger partial charge in [-0.05, 0) is 85.8 Å². The summed E-state index contributed by atoms with van der Waals surface area (Å²) in [7, 11) is 3.18. The Labute approximate surface area is 254 Å². The average molecular weight is 610 g/mol. The summed E-state index contributed by atoms with van der Waals surface area (Å²) in [5.74, 6) is 0.780. The molecular weight excluding hydrogens is 578 g/mol. The normalized spacial score (nSPS) is 14.9. The number of halogens is 1. The number of rotatable bonds is 12. The molecule has 220 valence electrons. The van der Waals surface area contributed by atoms with E-state index in [9.17, 15) is 9.59 Å². The maximum absolute atomic E-state index is 13.4. The van der Waals surface area contributed by atoms with Gasteiger partial charge in [-0.1, -0.05) is 29.3 Å². The number of nitrogens with one attached hydrogen (secondary N) is 1. The fraction of sp³-hybridized carbons (Fsp3) is 0.258. The Morgan fingerprint density at radius 3 is 2.48 bits per heavy atom. The molecule has 1 saturated heterocycles. The minimum Gasteiger partial charge on any atom is -0.497 e. The van der Waals surface area contributed by atoms with Gasteiger partial charge in [-0.3, -0.25) is 14.5 Å². The van der Waals surface area contributed by atoms with Gasteiger partial charge in [0.05, 0.1) is 42.5 Å². The molecule has 3 aromatic rings. The number of hydrogen-bond acceptors (Lipinski definition) is 8. The van der Waals surface area contributed by atoms with Crippen molar-refractivity contribution >= 4 is 57.8 Å². The van der Waals surface area contributed by atoms with Crippen LogP contribution in [0.3, 0.4) is 0 Å². The second kappa shape index (κ2) is 14.8. The van der Waals surface area contributed by atoms with Crippen LogP contribution in [0.25, 0.3) is 6.08 Å². The lowest BCUT2D eigenvalue weighted by Gasteiger charge is -2.15. The number of aliphatic imine (C=N–C) groups is 1. The first-order valence-corrected chi connectivity index (χ1v) is 14.4. The number of ether oxygens (including phenoxy) is 4. The molecule has 4 rings (SSSR count). The highest BCUT2D eigenvalue weighted by Gasteiger charge is 2.33. The van der Waals surface area contributed by atoms with Crippen molar-refractivity contribution in [1.82, 2.24) is 4.90 Å². The molecule has 0 spiro atoms. The molecule has 0 aromatic heterocycles. The first-order valence-electron chi connectivity index (χ1n) is 13.2. The van der Waals surface area contributed by atoms with Crippen LogP contribution in [0.1, 0.15) is 18.1 Å². The zero-order valence-electron chi connectivity index (χ0n) is 23.8. The molecule has 0 unspecified atom stereocenters. The molecule has 0 aliphatic carbocycles. The number of amidine groups is 1. The lowest BCUT2D eigenvalue weighted by molar-refractivity contribution is -0.122. The van der Waals surface area contributed by atoms with Gasteiger partial charge >= 0.3 is 0 Å². The quantitative estimate of drug-likeness (QED) is 0.240. The number of thioether (sulfide) groups is 1. The van der Waals surface area contributed by atoms with Crippen LogP contribution in [0.2, 0.25) is 5.02 Å². The number of hydrogen-bond donors (Lipinski definition) is 1. The van der Waals surface area contributed by atoms with Crippen molar-refractivity contribution in [2.45, 2.75) is 13.8 Å². The van der Waals surface area contributed by atoms with E-state index in [-0.39, 0.29) is 29.2 Å². The number of anilines is 1. The maximum atomic E-state index is 13.4. The van der Waals surface area contributed by atoms with Crippen molar-refractivity contribution in [2.24, 2.45) is 4.99 Å². The van der Waals surface area contributed by atoms with E-state index in [2.05, 4.69) is 10.3 Å². The largest absolute Gasteiger partial charge is 0.497 e. The van der Waals surface area contributed by atoms with E-state index in [1.807, 2.05) is 62.4 Å². The van der Waals surface area contributed by atoms with Gasteiger partial charge in [-0.2, -0.15) is 0 Å². The summed E-state index contributed by atoms with van der Waals surface area (Å²) >= 11 is 7.85. The molecule has 2 amide bonds. The van der Waals surface area contributed by atoms with Crippen molar-refractivity contribution in [3.05, 3.63) is 81.7 Å². The number of carbonyl (C=O) groups is 2. The number of aryl methyl sites for hydroxylation is 1. The molecule has 11 heteroatoms. The first-order chi connectivity index (χ1) is 20.3. The van der Waals surface area contributed by atoms with Crippen LogP contribution in [0.15, 0.2) is 70.6 Å². The number of nitrogens with zero attached hydrogens (tertiary/aromatic N) is 2. The average Bonchev–Trinajstić information content (AvgIpc) is 3.26. The molecule has 1 N–H and O–H groups in total. The van der Waals surface area contributed by atoms with E-state index in [0.29, 0.717) is 58.3 Å². The molecular formula is C31H32ClN3O6S. The summed E-state index contributed by atoms with van der Waals surface area (Å²) in [5.41, 5.74) is 3.08. The van der Waals surface area contributed by atoms with Crippen molar-refractivity contribution in [3.63, 3.8) is 0 Å². The van der Waals surface area contributed by atoms with Gasteiger partial charge in [0.15, 0.2) is 23.3 Å². The SMILES string of the molecule is CCOc1cc(/C=C2\SC(=Nc3ccc(OC)cc3)N(CCOC)C2=O)cc(Cl)c1OCC(=O)Nc1ccc(C)cc1. The number of carbonyl (C=O) groups excluding carboxylic acids is 2. The summed E-state index contributed by atoms with van der Waals surface area (Å²) in [4.78, 5) is 32.6. The number of methoxy groups -OCH3 is 2. The highest BCUT2D eigenvalue weighted by atomic mass is 35.5. The highest BCUT2D eigenvalue weighted by molar-refractivity contribution is 8.18. The third-order valence-corrected chi connectivity index (χ3v) is 7.30. The van der Waals surface area contributed by atoms with E-state index < -0.39 is 0 Å². The summed E-state index contributed by atoms with van der Waals surface area (Å²) in [6.45, 7) is 4.59. The van der Waals surface area contributed by atoms with E-state index in [4.69, 9.17) is 30.5 Å². The van der Waals surface area contributed by atoms with Crippen molar-refractivity contribution in [2.75, 3.05) is 45.9 Å². The van der Waals surface area contributed by atoms with Crippen LogP contribution >= 0.6 is 23.4 Å².